The van der Waals surface area contributed by atoms with Gasteiger partial charge in [-0.1, -0.05) is 39.0 Å². The maximum Gasteiger partial charge on any atom is 0.155 e. The summed E-state index contributed by atoms with van der Waals surface area (Å²) >= 11 is 0. The first-order valence-corrected chi connectivity index (χ1v) is 6.36. The molecule has 0 aromatic heterocycles. The molecule has 1 rings (SSSR count). The average molecular weight is 220 g/mol. The molecule has 1 unspecified atom stereocenters. The third-order valence-corrected chi connectivity index (χ3v) is 3.57. The van der Waals surface area contributed by atoms with Gasteiger partial charge in [-0.3, -0.25) is 4.79 Å². The van der Waals surface area contributed by atoms with E-state index >= 15 is 0 Å². The van der Waals surface area contributed by atoms with Crippen LogP contribution in [0.4, 0.5) is 0 Å². The van der Waals surface area contributed by atoms with Gasteiger partial charge in [0.25, 0.3) is 0 Å². The number of ketones is 1. The third kappa shape index (κ3) is 3.33. The van der Waals surface area contributed by atoms with E-state index in [9.17, 15) is 4.79 Å². The van der Waals surface area contributed by atoms with Gasteiger partial charge in [-0.15, -0.1) is 0 Å². The third-order valence-electron chi connectivity index (χ3n) is 3.57. The number of hydrogen-bond donors (Lipinski definition) is 0. The molecule has 0 aromatic carbocycles. The van der Waals surface area contributed by atoms with Crippen molar-refractivity contribution in [3.63, 3.8) is 0 Å². The van der Waals surface area contributed by atoms with Crippen molar-refractivity contribution in [2.24, 2.45) is 11.3 Å². The molecule has 0 bridgehead atoms. The molecular formula is C15H24O. The second-order valence-corrected chi connectivity index (χ2v) is 5.55. The molecule has 1 aliphatic rings. The minimum Gasteiger partial charge on any atom is -0.295 e. The highest BCUT2D eigenvalue weighted by Gasteiger charge is 2.32. The average Bonchev–Trinajstić information content (AvgIpc) is 2.16. The Morgan fingerprint density at radius 2 is 2.25 bits per heavy atom. The Bertz CT molecular complexity index is 297. The summed E-state index contributed by atoms with van der Waals surface area (Å²) in [4.78, 5) is 11.5. The molecule has 16 heavy (non-hydrogen) atoms. The van der Waals surface area contributed by atoms with Crippen molar-refractivity contribution in [2.45, 2.75) is 52.9 Å². The van der Waals surface area contributed by atoms with Crippen molar-refractivity contribution >= 4 is 5.78 Å². The molecule has 1 heteroatoms. The van der Waals surface area contributed by atoms with E-state index in [1.807, 2.05) is 6.92 Å². The van der Waals surface area contributed by atoms with E-state index in [0.717, 1.165) is 12.8 Å². The zero-order valence-corrected chi connectivity index (χ0v) is 10.9. The first-order chi connectivity index (χ1) is 7.47. The Kier molecular flexibility index (Phi) is 4.52. The monoisotopic (exact) mass is 220 g/mol. The fourth-order valence-corrected chi connectivity index (χ4v) is 2.56. The van der Waals surface area contributed by atoms with Gasteiger partial charge in [0.15, 0.2) is 5.78 Å². The van der Waals surface area contributed by atoms with Gasteiger partial charge in [0.05, 0.1) is 0 Å². The molecule has 0 aromatic rings. The van der Waals surface area contributed by atoms with Gasteiger partial charge in [-0.2, -0.15) is 0 Å². The normalized spacial score (nSPS) is 24.9. The van der Waals surface area contributed by atoms with Gasteiger partial charge in [-0.25, -0.2) is 0 Å². The fourth-order valence-electron chi connectivity index (χ4n) is 2.56. The lowest BCUT2D eigenvalue weighted by Crippen LogP contribution is -2.28. The lowest BCUT2D eigenvalue weighted by molar-refractivity contribution is -0.114. The SMILES string of the molecule is C=C1CCCC(C)(C)C1C=CC(=O)CCC. The van der Waals surface area contributed by atoms with E-state index in [1.54, 1.807) is 6.08 Å². The Morgan fingerprint density at radius 3 is 2.81 bits per heavy atom. The minimum absolute atomic E-state index is 0.247. The van der Waals surface area contributed by atoms with Crippen LogP contribution in [-0.4, -0.2) is 5.78 Å². The summed E-state index contributed by atoms with van der Waals surface area (Å²) < 4.78 is 0. The standard InChI is InChI=1S/C15H24O/c1-5-7-13(16)9-10-14-12(2)8-6-11-15(14,3)4/h9-10,14H,2,5-8,11H2,1,3-4H3. The molecule has 0 N–H and O–H groups in total. The molecule has 0 aliphatic heterocycles. The number of hydrogen-bond acceptors (Lipinski definition) is 1. The molecule has 1 atom stereocenters. The first kappa shape index (κ1) is 13.2. The first-order valence-electron chi connectivity index (χ1n) is 6.36. The van der Waals surface area contributed by atoms with Crippen molar-refractivity contribution in [1.82, 2.24) is 0 Å². The maximum atomic E-state index is 11.5. The highest BCUT2D eigenvalue weighted by atomic mass is 16.1. The maximum absolute atomic E-state index is 11.5. The highest BCUT2D eigenvalue weighted by molar-refractivity contribution is 5.89. The Hall–Kier alpha value is -0.850. The summed E-state index contributed by atoms with van der Waals surface area (Å²) in [7, 11) is 0. The zero-order chi connectivity index (χ0) is 12.2. The van der Waals surface area contributed by atoms with Crippen LogP contribution in [0.5, 0.6) is 0 Å². The summed E-state index contributed by atoms with van der Waals surface area (Å²) in [6.07, 6.45) is 9.02. The Labute approximate surface area is 99.6 Å². The van der Waals surface area contributed by atoms with Crippen LogP contribution in [0.15, 0.2) is 24.3 Å². The number of carbonyl (C=O) groups is 1. The molecule has 1 fully saturated rings. The van der Waals surface area contributed by atoms with E-state index in [-0.39, 0.29) is 11.2 Å². The molecule has 0 radical (unpaired) electrons. The van der Waals surface area contributed by atoms with E-state index in [4.69, 9.17) is 0 Å². The van der Waals surface area contributed by atoms with Crippen LogP contribution in [0.2, 0.25) is 0 Å². The molecular weight excluding hydrogens is 196 g/mol. The number of rotatable bonds is 4. The number of allylic oxidation sites excluding steroid dienone is 3. The minimum atomic E-state index is 0.247. The largest absolute Gasteiger partial charge is 0.295 e. The van der Waals surface area contributed by atoms with E-state index in [2.05, 4.69) is 26.5 Å². The molecule has 1 nitrogen and oxygen atoms in total. The van der Waals surface area contributed by atoms with Crippen LogP contribution in [0.3, 0.4) is 0 Å². The van der Waals surface area contributed by atoms with Crippen LogP contribution in [0, 0.1) is 11.3 Å². The van der Waals surface area contributed by atoms with E-state index in [0.29, 0.717) is 12.3 Å². The van der Waals surface area contributed by atoms with Crippen LogP contribution < -0.4 is 0 Å². The van der Waals surface area contributed by atoms with Crippen molar-refractivity contribution in [1.29, 1.82) is 0 Å². The second-order valence-electron chi connectivity index (χ2n) is 5.55. The number of carbonyl (C=O) groups excluding carboxylic acids is 1. The van der Waals surface area contributed by atoms with Crippen LogP contribution in [0.25, 0.3) is 0 Å². The van der Waals surface area contributed by atoms with Gasteiger partial charge < -0.3 is 0 Å². The molecule has 90 valence electrons. The lowest BCUT2D eigenvalue weighted by atomic mass is 9.66. The van der Waals surface area contributed by atoms with Crippen molar-refractivity contribution in [2.75, 3.05) is 0 Å². The van der Waals surface area contributed by atoms with E-state index in [1.165, 1.54) is 18.4 Å². The van der Waals surface area contributed by atoms with E-state index < -0.39 is 0 Å². The lowest BCUT2D eigenvalue weighted by Gasteiger charge is -2.38. The van der Waals surface area contributed by atoms with Gasteiger partial charge in [0.1, 0.15) is 0 Å². The van der Waals surface area contributed by atoms with Gasteiger partial charge in [-0.05, 0) is 37.2 Å². The smallest absolute Gasteiger partial charge is 0.155 e. The van der Waals surface area contributed by atoms with Crippen LogP contribution in [0.1, 0.15) is 52.9 Å². The van der Waals surface area contributed by atoms with Gasteiger partial charge >= 0.3 is 0 Å². The van der Waals surface area contributed by atoms with Crippen LogP contribution >= 0.6 is 0 Å². The Morgan fingerprint density at radius 1 is 1.56 bits per heavy atom. The summed E-state index contributed by atoms with van der Waals surface area (Å²) in [5, 5.41) is 0. The van der Waals surface area contributed by atoms with Crippen molar-refractivity contribution in [3.8, 4) is 0 Å². The van der Waals surface area contributed by atoms with Crippen molar-refractivity contribution in [3.05, 3.63) is 24.3 Å². The zero-order valence-electron chi connectivity index (χ0n) is 10.9. The fraction of sp³-hybridized carbons (Fsp3) is 0.667. The summed E-state index contributed by atoms with van der Waals surface area (Å²) in [5.74, 6) is 0.624. The van der Waals surface area contributed by atoms with Crippen molar-refractivity contribution < 1.29 is 4.79 Å². The Balaban J connectivity index is 2.69. The predicted octanol–water partition coefficient (Wildman–Crippen LogP) is 4.29. The quantitative estimate of drug-likeness (QED) is 0.510. The summed E-state index contributed by atoms with van der Waals surface area (Å²) in [5.41, 5.74) is 1.55. The van der Waals surface area contributed by atoms with Crippen LogP contribution in [-0.2, 0) is 4.79 Å². The molecule has 0 amide bonds. The molecule has 0 saturated heterocycles. The molecule has 1 aliphatic carbocycles. The topological polar surface area (TPSA) is 17.1 Å². The molecule has 1 saturated carbocycles. The summed E-state index contributed by atoms with van der Waals surface area (Å²) in [6, 6.07) is 0. The predicted molar refractivity (Wildman–Crippen MR) is 69.3 cm³/mol. The molecule has 0 spiro atoms. The summed E-state index contributed by atoms with van der Waals surface area (Å²) in [6.45, 7) is 10.7. The van der Waals surface area contributed by atoms with Gasteiger partial charge in [0.2, 0.25) is 0 Å². The second kappa shape index (κ2) is 5.47. The van der Waals surface area contributed by atoms with Gasteiger partial charge in [0, 0.05) is 12.3 Å². The highest BCUT2D eigenvalue weighted by Crippen LogP contribution is 2.43. The molecule has 0 heterocycles.